The molecule has 5 amide bonds. The third-order valence-electron chi connectivity index (χ3n) is 16.1. The number of nitrogens with zero attached hydrogens (tertiary/aromatic N) is 5. The topological polar surface area (TPSA) is 164 Å². The molecule has 1 aliphatic carbocycles. The first-order valence-electron chi connectivity index (χ1n) is 25.0. The highest BCUT2D eigenvalue weighted by molar-refractivity contribution is 6.34. The van der Waals surface area contributed by atoms with Gasteiger partial charge in [-0.3, -0.25) is 29.3 Å². The molecule has 2 unspecified atom stereocenters. The SMILES string of the molecule is COc1ccc(C(N)=O)c(-c2c(Cl)c(F)cc3c2C(C)C(CNC2CCC(C(=O)N4CCC(CN5CCC(c6ccc7c(N8CCC(=O)NC8=O)nn(C)c7c6)CC5)CC4)CC2)(c2ccccc2)O3)c1F. The summed E-state index contributed by atoms with van der Waals surface area (Å²) in [6.07, 6.45) is 7.51. The highest BCUT2D eigenvalue weighted by atomic mass is 35.5. The maximum absolute atomic E-state index is 16.2. The van der Waals surface area contributed by atoms with Gasteiger partial charge in [-0.25, -0.2) is 13.6 Å². The van der Waals surface area contributed by atoms with Gasteiger partial charge in [0.1, 0.15) is 11.6 Å². The zero-order chi connectivity index (χ0) is 49.7. The van der Waals surface area contributed by atoms with Crippen LogP contribution in [-0.2, 0) is 22.2 Å². The van der Waals surface area contributed by atoms with E-state index in [0.29, 0.717) is 36.3 Å². The molecule has 4 aliphatic heterocycles. The minimum atomic E-state index is -1.06. The lowest BCUT2D eigenvalue weighted by molar-refractivity contribution is -0.138. The second-order valence-electron chi connectivity index (χ2n) is 20.2. The summed E-state index contributed by atoms with van der Waals surface area (Å²) in [6, 6.07) is 19.6. The quantitative estimate of drug-likeness (QED) is 0.111. The number of primary amides is 1. The van der Waals surface area contributed by atoms with Crippen LogP contribution in [0.1, 0.15) is 104 Å². The number of methoxy groups -OCH3 is 1. The molecule has 4 N–H and O–H groups in total. The van der Waals surface area contributed by atoms with Gasteiger partial charge in [-0.15, -0.1) is 0 Å². The largest absolute Gasteiger partial charge is 0.494 e. The van der Waals surface area contributed by atoms with Gasteiger partial charge < -0.3 is 30.3 Å². The van der Waals surface area contributed by atoms with E-state index in [2.05, 4.69) is 43.7 Å². The molecular weight excluding hydrogens is 930 g/mol. The second-order valence-corrected chi connectivity index (χ2v) is 20.5. The molecule has 2 atom stereocenters. The Bertz CT molecular complexity index is 2880. The van der Waals surface area contributed by atoms with Crippen molar-refractivity contribution < 1.29 is 37.4 Å². The smallest absolute Gasteiger partial charge is 0.329 e. The van der Waals surface area contributed by atoms with Crippen molar-refractivity contribution in [2.45, 2.75) is 88.2 Å². The number of amides is 5. The Hall–Kier alpha value is -6.10. The number of hydrogen-bond acceptors (Lipinski definition) is 9. The molecule has 17 heteroatoms. The fourth-order valence-electron chi connectivity index (χ4n) is 12.1. The molecule has 374 valence electrons. The number of likely N-dealkylation sites (tertiary alicyclic amines) is 2. The highest BCUT2D eigenvalue weighted by Crippen LogP contribution is 2.56. The van der Waals surface area contributed by atoms with E-state index in [-0.39, 0.29) is 63.4 Å². The van der Waals surface area contributed by atoms with Gasteiger partial charge in [-0.1, -0.05) is 54.9 Å². The van der Waals surface area contributed by atoms with Gasteiger partial charge in [-0.05, 0) is 112 Å². The number of benzene rings is 4. The Morgan fingerprint density at radius 2 is 1.66 bits per heavy atom. The van der Waals surface area contributed by atoms with Gasteiger partial charge in [0, 0.05) is 92.2 Å². The lowest BCUT2D eigenvalue weighted by Crippen LogP contribution is -2.49. The van der Waals surface area contributed by atoms with E-state index in [0.717, 1.165) is 101 Å². The summed E-state index contributed by atoms with van der Waals surface area (Å²) in [4.78, 5) is 57.2. The number of carbonyl (C=O) groups excluding carboxylic acids is 4. The average Bonchev–Trinajstić information content (AvgIpc) is 3.86. The third kappa shape index (κ3) is 9.11. The number of carbonyl (C=O) groups is 4. The Kier molecular flexibility index (Phi) is 13.6. The maximum Gasteiger partial charge on any atom is 0.329 e. The number of aromatic nitrogens is 2. The molecule has 10 rings (SSSR count). The number of urea groups is 1. The Balaban J connectivity index is 0.726. The van der Waals surface area contributed by atoms with Crippen molar-refractivity contribution in [3.05, 3.63) is 106 Å². The van der Waals surface area contributed by atoms with E-state index < -0.39 is 35.1 Å². The van der Waals surface area contributed by atoms with Gasteiger partial charge in [0.2, 0.25) is 17.7 Å². The zero-order valence-electron chi connectivity index (χ0n) is 40.4. The van der Waals surface area contributed by atoms with Gasteiger partial charge in [0.25, 0.3) is 0 Å². The lowest BCUT2D eigenvalue weighted by atomic mass is 9.77. The summed E-state index contributed by atoms with van der Waals surface area (Å²) in [5, 5.41) is 11.4. The molecule has 0 radical (unpaired) electrons. The van der Waals surface area contributed by atoms with Crippen LogP contribution >= 0.6 is 11.6 Å². The first-order valence-corrected chi connectivity index (χ1v) is 25.4. The molecule has 1 aromatic heterocycles. The molecule has 3 saturated heterocycles. The third-order valence-corrected chi connectivity index (χ3v) is 16.5. The van der Waals surface area contributed by atoms with E-state index in [9.17, 15) is 19.2 Å². The number of nitrogens with two attached hydrogens (primary N) is 1. The Morgan fingerprint density at radius 3 is 2.35 bits per heavy atom. The van der Waals surface area contributed by atoms with Crippen molar-refractivity contribution in [3.8, 4) is 22.6 Å². The number of imide groups is 1. The molecular formula is C54H61ClF2N8O6. The van der Waals surface area contributed by atoms with E-state index in [1.165, 1.54) is 30.9 Å². The van der Waals surface area contributed by atoms with Crippen LogP contribution in [0.2, 0.25) is 5.02 Å². The first-order chi connectivity index (χ1) is 34.2. The van der Waals surface area contributed by atoms with Gasteiger partial charge >= 0.3 is 6.03 Å². The minimum absolute atomic E-state index is 0.00143. The van der Waals surface area contributed by atoms with Crippen LogP contribution in [0.3, 0.4) is 0 Å². The van der Waals surface area contributed by atoms with Crippen LogP contribution in [0.25, 0.3) is 22.0 Å². The van der Waals surface area contributed by atoms with Crippen LogP contribution in [0, 0.1) is 23.5 Å². The number of piperidine rings is 2. The van der Waals surface area contributed by atoms with Crippen molar-refractivity contribution in [2.24, 2.45) is 24.6 Å². The van der Waals surface area contributed by atoms with Crippen LogP contribution in [0.5, 0.6) is 11.5 Å². The van der Waals surface area contributed by atoms with Crippen LogP contribution in [-0.4, -0.2) is 102 Å². The summed E-state index contributed by atoms with van der Waals surface area (Å²) in [7, 11) is 3.20. The van der Waals surface area contributed by atoms with E-state index >= 15 is 8.78 Å². The molecule has 14 nitrogen and oxygen atoms in total. The van der Waals surface area contributed by atoms with E-state index in [4.69, 9.17) is 26.8 Å². The predicted octanol–water partition coefficient (Wildman–Crippen LogP) is 8.38. The van der Waals surface area contributed by atoms with Crippen LogP contribution < -0.4 is 30.7 Å². The molecule has 4 fully saturated rings. The average molecular weight is 992 g/mol. The van der Waals surface area contributed by atoms with Crippen LogP contribution in [0.15, 0.2) is 66.7 Å². The van der Waals surface area contributed by atoms with Crippen molar-refractivity contribution in [3.63, 3.8) is 0 Å². The van der Waals surface area contributed by atoms with E-state index in [1.54, 1.807) is 4.90 Å². The summed E-state index contributed by atoms with van der Waals surface area (Å²) in [5.74, 6) is -1.54. The Labute approximate surface area is 417 Å². The summed E-state index contributed by atoms with van der Waals surface area (Å²) < 4.78 is 45.9. The van der Waals surface area contributed by atoms with Crippen molar-refractivity contribution in [1.82, 2.24) is 30.2 Å². The normalized spacial score (nSPS) is 23.4. The van der Waals surface area contributed by atoms with Crippen LogP contribution in [0.4, 0.5) is 19.4 Å². The molecule has 5 aliphatic rings. The van der Waals surface area contributed by atoms with Crippen molar-refractivity contribution in [1.29, 1.82) is 0 Å². The molecule has 1 saturated carbocycles. The maximum atomic E-state index is 16.2. The molecule has 5 aromatic rings. The monoisotopic (exact) mass is 990 g/mol. The number of aryl methyl sites for hydroxylation is 1. The summed E-state index contributed by atoms with van der Waals surface area (Å²) in [5.41, 5.74) is 7.83. The highest BCUT2D eigenvalue weighted by Gasteiger charge is 2.50. The fraction of sp³-hybridized carbons (Fsp3) is 0.463. The summed E-state index contributed by atoms with van der Waals surface area (Å²) >= 11 is 6.71. The zero-order valence-corrected chi connectivity index (χ0v) is 41.2. The summed E-state index contributed by atoms with van der Waals surface area (Å²) in [6.45, 7) is 7.24. The second kappa shape index (κ2) is 19.8. The molecule has 4 aromatic carbocycles. The first kappa shape index (κ1) is 48.5. The molecule has 5 heterocycles. The predicted molar refractivity (Wildman–Crippen MR) is 267 cm³/mol. The molecule has 0 spiro atoms. The standard InChI is InChI=1S/C54H61ClF2N8O6/c1-31-45-43(28-40(56)48(55)47(45)46-39(50(58)67)15-16-42(70-3)49(46)57)71-54(31,36-7-5-4-6-8-36)30-59-37-12-9-34(10-13-37)52(68)64-24-17-32(18-25-64)29-63-22-19-33(20-23-63)35-11-14-38-41(27-35)62(2)61-51(38)65-26-21-44(66)60-53(65)69/h4-8,11,14-16,27-28,31-34,37,59H,9-10,12-13,17-26,29-30H2,1-3H3,(H2,58,67)(H,60,66,69). The number of fused-ring (bicyclic) bond motifs is 2. The van der Waals surface area contributed by atoms with Crippen molar-refractivity contribution in [2.75, 3.05) is 57.8 Å². The van der Waals surface area contributed by atoms with Gasteiger partial charge in [-0.2, -0.15) is 5.10 Å². The number of halogens is 3. The van der Waals surface area contributed by atoms with Gasteiger partial charge in [0.05, 0.1) is 23.2 Å². The fourth-order valence-corrected chi connectivity index (χ4v) is 12.4. The number of hydrogen-bond donors (Lipinski definition) is 3. The van der Waals surface area contributed by atoms with Crippen molar-refractivity contribution >= 4 is 52.1 Å². The Morgan fingerprint density at radius 1 is 0.930 bits per heavy atom. The molecule has 71 heavy (non-hydrogen) atoms. The number of nitrogens with one attached hydrogen (secondary N) is 2. The number of anilines is 1. The number of ether oxygens (including phenoxy) is 2. The molecule has 0 bridgehead atoms. The lowest BCUT2D eigenvalue weighted by Gasteiger charge is -2.40. The minimum Gasteiger partial charge on any atom is -0.494 e. The van der Waals surface area contributed by atoms with Gasteiger partial charge in [0.15, 0.2) is 23.0 Å². The van der Waals surface area contributed by atoms with E-state index in [1.807, 2.05) is 49.0 Å². The number of rotatable bonds is 12.